The first kappa shape index (κ1) is 17.9. The molecule has 0 spiro atoms. The predicted molar refractivity (Wildman–Crippen MR) is 88.6 cm³/mol. The van der Waals surface area contributed by atoms with Gasteiger partial charge in [-0.1, -0.05) is 29.8 Å². The second-order valence-electron chi connectivity index (χ2n) is 6.19. The molecule has 1 saturated heterocycles. The second-order valence-corrected chi connectivity index (χ2v) is 8.42. The summed E-state index contributed by atoms with van der Waals surface area (Å²) in [4.78, 5) is 12.2. The molecule has 6 nitrogen and oxygen atoms in total. The van der Waals surface area contributed by atoms with Crippen LogP contribution in [0.5, 0.6) is 0 Å². The minimum Gasteiger partial charge on any atom is -0.379 e. The highest BCUT2D eigenvalue weighted by molar-refractivity contribution is 7.89. The summed E-state index contributed by atoms with van der Waals surface area (Å²) >= 11 is 0. The Hall–Kier alpha value is -1.44. The van der Waals surface area contributed by atoms with Gasteiger partial charge in [-0.3, -0.25) is 4.79 Å². The zero-order valence-electron chi connectivity index (χ0n) is 13.8. The fourth-order valence-electron chi connectivity index (χ4n) is 2.49. The average molecular weight is 340 g/mol. The lowest BCUT2D eigenvalue weighted by atomic mass is 10.1. The van der Waals surface area contributed by atoms with Gasteiger partial charge in [-0.05, 0) is 12.5 Å². The number of carbonyl (C=O) groups excluding carboxylic acids is 1. The molecule has 1 aromatic carbocycles. The number of rotatable bonds is 6. The molecule has 2 rings (SSSR count). The van der Waals surface area contributed by atoms with E-state index in [1.54, 1.807) is 0 Å². The molecule has 1 aromatic rings. The highest BCUT2D eigenvalue weighted by atomic mass is 32.2. The van der Waals surface area contributed by atoms with Gasteiger partial charge in [0.1, 0.15) is 0 Å². The lowest BCUT2D eigenvalue weighted by molar-refractivity contribution is -0.121. The quantitative estimate of drug-likeness (QED) is 0.821. The number of hydrogen-bond donors (Lipinski definition) is 1. The first-order chi connectivity index (χ1) is 10.8. The van der Waals surface area contributed by atoms with Crippen molar-refractivity contribution in [1.82, 2.24) is 9.62 Å². The predicted octanol–water partition coefficient (Wildman–Crippen LogP) is 0.560. The van der Waals surface area contributed by atoms with Crippen LogP contribution in [0.1, 0.15) is 11.1 Å². The summed E-state index contributed by atoms with van der Waals surface area (Å²) in [6.07, 6.45) is 0.282. The summed E-state index contributed by atoms with van der Waals surface area (Å²) < 4.78 is 30.6. The van der Waals surface area contributed by atoms with Crippen LogP contribution in [0.15, 0.2) is 24.3 Å². The van der Waals surface area contributed by atoms with E-state index < -0.39 is 10.0 Å². The Bertz CT molecular complexity index is 641. The number of ether oxygens (including phenoxy) is 1. The number of amides is 1. The summed E-state index contributed by atoms with van der Waals surface area (Å²) in [5.41, 5.74) is 2.08. The van der Waals surface area contributed by atoms with Crippen molar-refractivity contribution in [3.05, 3.63) is 35.4 Å². The smallest absolute Gasteiger partial charge is 0.224 e. The van der Waals surface area contributed by atoms with Crippen LogP contribution >= 0.6 is 0 Å². The molecule has 0 aromatic heterocycles. The molecule has 7 heteroatoms. The Labute approximate surface area is 137 Å². The van der Waals surface area contributed by atoms with E-state index in [1.165, 1.54) is 18.4 Å². The molecule has 128 valence electrons. The first-order valence-electron chi connectivity index (χ1n) is 7.61. The van der Waals surface area contributed by atoms with Crippen molar-refractivity contribution in [2.45, 2.75) is 19.4 Å². The molecule has 0 bridgehead atoms. The fraction of sp³-hybridized carbons (Fsp3) is 0.562. The van der Waals surface area contributed by atoms with Crippen molar-refractivity contribution < 1.29 is 17.9 Å². The van der Waals surface area contributed by atoms with Gasteiger partial charge in [0, 0.05) is 20.0 Å². The number of aryl methyl sites for hydroxylation is 1. The summed E-state index contributed by atoms with van der Waals surface area (Å²) in [7, 11) is -0.292. The molecule has 0 radical (unpaired) electrons. The van der Waals surface area contributed by atoms with E-state index in [9.17, 15) is 13.2 Å². The average Bonchev–Trinajstić information content (AvgIpc) is 2.87. The summed E-state index contributed by atoms with van der Waals surface area (Å²) in [5.74, 6) is -0.351. The molecular formula is C16H24N2O4S. The Balaban J connectivity index is 1.93. The Morgan fingerprint density at radius 3 is 2.52 bits per heavy atom. The number of benzene rings is 1. The number of nitrogens with one attached hydrogen (secondary N) is 1. The minimum absolute atomic E-state index is 0.0184. The second kappa shape index (κ2) is 7.42. The van der Waals surface area contributed by atoms with Crippen molar-refractivity contribution in [3.8, 4) is 0 Å². The minimum atomic E-state index is -3.31. The van der Waals surface area contributed by atoms with Crippen LogP contribution in [-0.2, 0) is 26.0 Å². The van der Waals surface area contributed by atoms with Gasteiger partial charge < -0.3 is 10.1 Å². The molecular weight excluding hydrogens is 316 g/mol. The van der Waals surface area contributed by atoms with E-state index in [0.717, 1.165) is 11.1 Å². The zero-order valence-corrected chi connectivity index (χ0v) is 14.6. The number of carbonyl (C=O) groups is 1. The van der Waals surface area contributed by atoms with Gasteiger partial charge in [-0.2, -0.15) is 0 Å². The third-order valence-corrected chi connectivity index (χ3v) is 5.97. The van der Waals surface area contributed by atoms with Gasteiger partial charge in [0.15, 0.2) is 0 Å². The summed E-state index contributed by atoms with van der Waals surface area (Å²) in [6, 6.07) is 7.52. The molecule has 2 atom stereocenters. The van der Waals surface area contributed by atoms with Crippen LogP contribution < -0.4 is 5.32 Å². The van der Waals surface area contributed by atoms with Crippen LogP contribution in [-0.4, -0.2) is 57.7 Å². The molecule has 1 amide bonds. The van der Waals surface area contributed by atoms with Gasteiger partial charge >= 0.3 is 0 Å². The van der Waals surface area contributed by atoms with Crippen LogP contribution in [0, 0.1) is 12.8 Å². The van der Waals surface area contributed by atoms with Gasteiger partial charge in [-0.15, -0.1) is 0 Å². The third kappa shape index (κ3) is 5.02. The van der Waals surface area contributed by atoms with Crippen LogP contribution in [0.25, 0.3) is 0 Å². The summed E-state index contributed by atoms with van der Waals surface area (Å²) in [5, 5.41) is 2.91. The largest absolute Gasteiger partial charge is 0.379 e. The maximum Gasteiger partial charge on any atom is 0.224 e. The Morgan fingerprint density at radius 1 is 1.26 bits per heavy atom. The van der Waals surface area contributed by atoms with E-state index in [0.29, 0.717) is 13.2 Å². The van der Waals surface area contributed by atoms with Gasteiger partial charge in [-0.25, -0.2) is 12.7 Å². The van der Waals surface area contributed by atoms with Crippen molar-refractivity contribution in [2.24, 2.45) is 5.92 Å². The normalized spacial score (nSPS) is 21.6. The summed E-state index contributed by atoms with van der Waals surface area (Å²) in [6.45, 7) is 2.70. The molecule has 1 N–H and O–H groups in total. The maximum atomic E-state index is 12.2. The Kier molecular flexibility index (Phi) is 5.78. The molecule has 1 aliphatic heterocycles. The van der Waals surface area contributed by atoms with Crippen molar-refractivity contribution in [3.63, 3.8) is 0 Å². The first-order valence-corrected chi connectivity index (χ1v) is 9.21. The Morgan fingerprint density at radius 2 is 1.91 bits per heavy atom. The van der Waals surface area contributed by atoms with E-state index in [1.807, 2.05) is 31.2 Å². The SMILES string of the molecule is Cc1ccc(CC(=O)N[C@H]2COC[C@H]2CS(=O)(=O)N(C)C)cc1. The van der Waals surface area contributed by atoms with Gasteiger partial charge in [0.05, 0.1) is 31.4 Å². The van der Waals surface area contributed by atoms with Gasteiger partial charge in [0.25, 0.3) is 0 Å². The van der Waals surface area contributed by atoms with Crippen LogP contribution in [0.3, 0.4) is 0 Å². The third-order valence-electron chi connectivity index (χ3n) is 4.01. The number of sulfonamides is 1. The zero-order chi connectivity index (χ0) is 17.0. The molecule has 1 aliphatic rings. The number of hydrogen-bond acceptors (Lipinski definition) is 4. The van der Waals surface area contributed by atoms with E-state index in [4.69, 9.17) is 4.74 Å². The van der Waals surface area contributed by atoms with E-state index in [-0.39, 0.29) is 30.0 Å². The molecule has 1 fully saturated rings. The highest BCUT2D eigenvalue weighted by Crippen LogP contribution is 2.17. The molecule has 0 saturated carbocycles. The lowest BCUT2D eigenvalue weighted by Gasteiger charge is -2.21. The van der Waals surface area contributed by atoms with Crippen molar-refractivity contribution in [2.75, 3.05) is 33.1 Å². The van der Waals surface area contributed by atoms with Crippen LogP contribution in [0.2, 0.25) is 0 Å². The molecule has 0 unspecified atom stereocenters. The van der Waals surface area contributed by atoms with Crippen molar-refractivity contribution in [1.29, 1.82) is 0 Å². The topological polar surface area (TPSA) is 75.7 Å². The van der Waals surface area contributed by atoms with Crippen molar-refractivity contribution >= 4 is 15.9 Å². The standard InChI is InChI=1S/C16H24N2O4S/c1-12-4-6-13(7-5-12)8-16(19)17-15-10-22-9-14(15)11-23(20,21)18(2)3/h4-7,14-15H,8-11H2,1-3H3,(H,17,19)/t14-,15-/m0/s1. The maximum absolute atomic E-state index is 12.2. The molecule has 23 heavy (non-hydrogen) atoms. The number of nitrogens with zero attached hydrogens (tertiary/aromatic N) is 1. The van der Waals surface area contributed by atoms with E-state index in [2.05, 4.69) is 5.32 Å². The fourth-order valence-corrected chi connectivity index (χ4v) is 3.66. The highest BCUT2D eigenvalue weighted by Gasteiger charge is 2.34. The molecule has 0 aliphatic carbocycles. The monoisotopic (exact) mass is 340 g/mol. The lowest BCUT2D eigenvalue weighted by Crippen LogP contribution is -2.44. The van der Waals surface area contributed by atoms with Crippen LogP contribution in [0.4, 0.5) is 0 Å². The van der Waals surface area contributed by atoms with Gasteiger partial charge in [0.2, 0.25) is 15.9 Å². The van der Waals surface area contributed by atoms with E-state index >= 15 is 0 Å². The molecule has 1 heterocycles.